The van der Waals surface area contributed by atoms with Gasteiger partial charge in [0.25, 0.3) is 0 Å². The predicted octanol–water partition coefficient (Wildman–Crippen LogP) is 1.90. The van der Waals surface area contributed by atoms with Gasteiger partial charge < -0.3 is 10.8 Å². The van der Waals surface area contributed by atoms with Crippen molar-refractivity contribution in [1.82, 2.24) is 0 Å². The number of carbonyl (C=O) groups is 1. The molecule has 2 unspecified atom stereocenters. The third-order valence-electron chi connectivity index (χ3n) is 2.35. The van der Waals surface area contributed by atoms with Crippen molar-refractivity contribution in [3.63, 3.8) is 0 Å². The first-order valence-electron chi connectivity index (χ1n) is 4.69. The van der Waals surface area contributed by atoms with Gasteiger partial charge in [-0.1, -0.05) is 0 Å². The molecule has 0 aliphatic carbocycles. The van der Waals surface area contributed by atoms with E-state index in [1.165, 1.54) is 0 Å². The Labute approximate surface area is 98.0 Å². The lowest BCUT2D eigenvalue weighted by molar-refractivity contribution is -0.139. The average Bonchev–Trinajstić information content (AvgIpc) is 2.28. The van der Waals surface area contributed by atoms with Crippen LogP contribution < -0.4 is 5.73 Å². The largest absolute Gasteiger partial charge is 0.481 e. The molecule has 0 aliphatic heterocycles. The van der Waals surface area contributed by atoms with Gasteiger partial charge in [0.05, 0.1) is 0 Å². The molecule has 0 spiro atoms. The lowest BCUT2D eigenvalue weighted by Gasteiger charge is -2.18. The molecule has 0 saturated carbocycles. The van der Waals surface area contributed by atoms with Gasteiger partial charge in [0.15, 0.2) is 23.3 Å². The van der Waals surface area contributed by atoms with Crippen molar-refractivity contribution < 1.29 is 31.9 Å². The molecule has 1 aromatic carbocycles. The zero-order chi connectivity index (χ0) is 14.2. The van der Waals surface area contributed by atoms with Crippen molar-refractivity contribution in [2.45, 2.75) is 18.9 Å². The maximum atomic E-state index is 13.3. The average molecular weight is 269 g/mol. The highest BCUT2D eigenvalue weighted by atomic mass is 19.2. The molecule has 0 aliphatic rings. The number of aliphatic carboxylic acids is 1. The highest BCUT2D eigenvalue weighted by Crippen LogP contribution is 2.30. The smallest absolute Gasteiger partial charge is 0.312 e. The Morgan fingerprint density at radius 1 is 1.00 bits per heavy atom. The molecule has 0 bridgehead atoms. The standard InChI is InChI=1S/C10H8F5NO2/c1-2(16)3(10(17)18)4-5(11)7(13)9(15)8(14)6(4)12/h2-3H,16H2,1H3,(H,17,18). The minimum Gasteiger partial charge on any atom is -0.481 e. The molecule has 0 heterocycles. The molecule has 0 radical (unpaired) electrons. The fourth-order valence-electron chi connectivity index (χ4n) is 1.51. The van der Waals surface area contributed by atoms with Gasteiger partial charge in [0, 0.05) is 11.6 Å². The zero-order valence-electron chi connectivity index (χ0n) is 8.98. The van der Waals surface area contributed by atoms with Crippen LogP contribution in [-0.4, -0.2) is 17.1 Å². The van der Waals surface area contributed by atoms with Gasteiger partial charge in [-0.25, -0.2) is 22.0 Å². The van der Waals surface area contributed by atoms with E-state index in [-0.39, 0.29) is 0 Å². The minimum atomic E-state index is -2.34. The van der Waals surface area contributed by atoms with E-state index in [0.717, 1.165) is 6.92 Å². The van der Waals surface area contributed by atoms with Crippen LogP contribution in [0.15, 0.2) is 0 Å². The second kappa shape index (κ2) is 4.89. The van der Waals surface area contributed by atoms with E-state index in [1.54, 1.807) is 0 Å². The first-order chi connectivity index (χ1) is 8.20. The van der Waals surface area contributed by atoms with Gasteiger partial charge in [0.2, 0.25) is 5.82 Å². The summed E-state index contributed by atoms with van der Waals surface area (Å²) in [5.41, 5.74) is 3.76. The van der Waals surface area contributed by atoms with Crippen molar-refractivity contribution in [2.24, 2.45) is 5.73 Å². The van der Waals surface area contributed by atoms with E-state index in [1.807, 2.05) is 0 Å². The topological polar surface area (TPSA) is 63.3 Å². The Morgan fingerprint density at radius 3 is 1.61 bits per heavy atom. The Morgan fingerprint density at radius 2 is 1.33 bits per heavy atom. The summed E-state index contributed by atoms with van der Waals surface area (Å²) in [5, 5.41) is 8.75. The molecule has 0 saturated heterocycles. The molecule has 0 fully saturated rings. The van der Waals surface area contributed by atoms with Gasteiger partial charge in [-0.15, -0.1) is 0 Å². The van der Waals surface area contributed by atoms with Gasteiger partial charge >= 0.3 is 5.97 Å². The summed E-state index contributed by atoms with van der Waals surface area (Å²) in [4.78, 5) is 10.8. The molecule has 2 atom stereocenters. The summed E-state index contributed by atoms with van der Waals surface area (Å²) < 4.78 is 65.2. The molecule has 1 aromatic rings. The van der Waals surface area contributed by atoms with E-state index < -0.39 is 52.6 Å². The molecule has 0 aromatic heterocycles. The number of benzene rings is 1. The van der Waals surface area contributed by atoms with Gasteiger partial charge in [0.1, 0.15) is 5.92 Å². The van der Waals surface area contributed by atoms with E-state index in [0.29, 0.717) is 0 Å². The van der Waals surface area contributed by atoms with E-state index >= 15 is 0 Å². The minimum absolute atomic E-state index is 1.08. The summed E-state index contributed by atoms with van der Waals surface area (Å²) in [6.45, 7) is 1.08. The Hall–Kier alpha value is -1.70. The normalized spacial score (nSPS) is 14.4. The number of carboxylic acid groups (broad SMARTS) is 1. The number of carboxylic acids is 1. The van der Waals surface area contributed by atoms with Crippen LogP contribution in [0, 0.1) is 29.1 Å². The van der Waals surface area contributed by atoms with Crippen LogP contribution in [0.25, 0.3) is 0 Å². The highest BCUT2D eigenvalue weighted by molar-refractivity contribution is 5.77. The van der Waals surface area contributed by atoms with E-state index in [9.17, 15) is 26.7 Å². The maximum Gasteiger partial charge on any atom is 0.312 e. The fraction of sp³-hybridized carbons (Fsp3) is 0.300. The molecular weight excluding hydrogens is 261 g/mol. The number of hydrogen-bond acceptors (Lipinski definition) is 2. The quantitative estimate of drug-likeness (QED) is 0.500. The lowest BCUT2D eigenvalue weighted by Crippen LogP contribution is -2.33. The Bertz CT molecular complexity index is 475. The monoisotopic (exact) mass is 269 g/mol. The summed E-state index contributed by atoms with van der Waals surface area (Å²) in [7, 11) is 0. The second-order valence-electron chi connectivity index (χ2n) is 3.66. The van der Waals surface area contributed by atoms with Gasteiger partial charge in [-0.3, -0.25) is 4.79 Å². The van der Waals surface area contributed by atoms with Gasteiger partial charge in [-0.2, -0.15) is 0 Å². The third kappa shape index (κ3) is 2.15. The van der Waals surface area contributed by atoms with E-state index in [4.69, 9.17) is 10.8 Å². The third-order valence-corrected chi connectivity index (χ3v) is 2.35. The number of nitrogens with two attached hydrogens (primary N) is 1. The lowest BCUT2D eigenvalue weighted by atomic mass is 9.91. The molecule has 0 amide bonds. The van der Waals surface area contributed by atoms with Crippen molar-refractivity contribution in [2.75, 3.05) is 0 Å². The molecule has 18 heavy (non-hydrogen) atoms. The highest BCUT2D eigenvalue weighted by Gasteiger charge is 2.35. The maximum absolute atomic E-state index is 13.3. The van der Waals surface area contributed by atoms with Crippen LogP contribution in [0.4, 0.5) is 22.0 Å². The first kappa shape index (κ1) is 14.4. The van der Waals surface area contributed by atoms with Crippen LogP contribution in [0.1, 0.15) is 18.4 Å². The molecule has 1 rings (SSSR count). The van der Waals surface area contributed by atoms with E-state index in [2.05, 4.69) is 0 Å². The molecule has 3 nitrogen and oxygen atoms in total. The van der Waals surface area contributed by atoms with Crippen molar-refractivity contribution in [3.8, 4) is 0 Å². The summed E-state index contributed by atoms with van der Waals surface area (Å²) in [6, 6.07) is -1.34. The van der Waals surface area contributed by atoms with Crippen LogP contribution in [0.5, 0.6) is 0 Å². The first-order valence-corrected chi connectivity index (χ1v) is 4.69. The van der Waals surface area contributed by atoms with Gasteiger partial charge in [-0.05, 0) is 6.92 Å². The molecular formula is C10H8F5NO2. The SMILES string of the molecule is CC(N)C(C(=O)O)c1c(F)c(F)c(F)c(F)c1F. The zero-order valence-corrected chi connectivity index (χ0v) is 8.98. The Balaban J connectivity index is 3.63. The van der Waals surface area contributed by atoms with Crippen LogP contribution in [-0.2, 0) is 4.79 Å². The number of rotatable bonds is 3. The molecule has 100 valence electrons. The predicted molar refractivity (Wildman–Crippen MR) is 50.3 cm³/mol. The summed E-state index contributed by atoms with van der Waals surface area (Å²) in [6.07, 6.45) is 0. The van der Waals surface area contributed by atoms with Crippen LogP contribution in [0.2, 0.25) is 0 Å². The number of halogens is 5. The second-order valence-corrected chi connectivity index (χ2v) is 3.66. The summed E-state index contributed by atoms with van der Waals surface area (Å²) >= 11 is 0. The van der Waals surface area contributed by atoms with Crippen molar-refractivity contribution in [1.29, 1.82) is 0 Å². The van der Waals surface area contributed by atoms with Crippen molar-refractivity contribution >= 4 is 5.97 Å². The fourth-order valence-corrected chi connectivity index (χ4v) is 1.51. The summed E-state index contributed by atoms with van der Waals surface area (Å²) in [5.74, 6) is -14.9. The molecule has 8 heteroatoms. The number of hydrogen-bond donors (Lipinski definition) is 2. The van der Waals surface area contributed by atoms with Crippen molar-refractivity contribution in [3.05, 3.63) is 34.6 Å². The molecule has 3 N–H and O–H groups in total. The van der Waals surface area contributed by atoms with Crippen LogP contribution >= 0.6 is 0 Å². The Kier molecular flexibility index (Phi) is 3.90. The van der Waals surface area contributed by atoms with Crippen LogP contribution in [0.3, 0.4) is 0 Å².